The molecule has 7 heteroatoms. The first-order chi connectivity index (χ1) is 12.5. The minimum absolute atomic E-state index is 0.0141. The van der Waals surface area contributed by atoms with Crippen LogP contribution >= 0.6 is 11.6 Å². The highest BCUT2D eigenvalue weighted by Crippen LogP contribution is 2.35. The van der Waals surface area contributed by atoms with Crippen LogP contribution in [0.15, 0.2) is 59.0 Å². The Morgan fingerprint density at radius 2 is 1.96 bits per heavy atom. The summed E-state index contributed by atoms with van der Waals surface area (Å²) in [5.74, 6) is 0.713. The summed E-state index contributed by atoms with van der Waals surface area (Å²) in [7, 11) is 0. The second-order valence-corrected chi connectivity index (χ2v) is 6.15. The van der Waals surface area contributed by atoms with Crippen LogP contribution in [0.2, 0.25) is 5.02 Å². The maximum Gasteiger partial charge on any atom is 0.270 e. The van der Waals surface area contributed by atoms with Crippen molar-refractivity contribution < 1.29 is 14.1 Å². The third kappa shape index (κ3) is 2.87. The second kappa shape index (κ2) is 6.16. The smallest absolute Gasteiger partial charge is 0.270 e. The molecule has 1 aliphatic heterocycles. The van der Waals surface area contributed by atoms with E-state index in [-0.39, 0.29) is 11.6 Å². The highest BCUT2D eigenvalue weighted by Gasteiger charge is 2.24. The van der Waals surface area contributed by atoms with E-state index in [1.54, 1.807) is 48.5 Å². The van der Waals surface area contributed by atoms with E-state index < -0.39 is 4.92 Å². The van der Waals surface area contributed by atoms with Crippen molar-refractivity contribution in [2.75, 3.05) is 5.32 Å². The van der Waals surface area contributed by atoms with Crippen LogP contribution in [0, 0.1) is 10.1 Å². The van der Waals surface area contributed by atoms with Crippen molar-refractivity contribution in [3.05, 3.63) is 81.1 Å². The molecule has 0 atom stereocenters. The lowest BCUT2D eigenvalue weighted by molar-refractivity contribution is -0.384. The number of non-ortho nitro benzene ring substituents is 1. The van der Waals surface area contributed by atoms with Crippen LogP contribution in [-0.2, 0) is 4.79 Å². The van der Waals surface area contributed by atoms with Crippen LogP contribution in [0.4, 0.5) is 11.4 Å². The van der Waals surface area contributed by atoms with Crippen molar-refractivity contribution >= 4 is 40.5 Å². The highest BCUT2D eigenvalue weighted by molar-refractivity contribution is 6.36. The van der Waals surface area contributed by atoms with Gasteiger partial charge in [-0.05, 0) is 30.3 Å². The fraction of sp³-hybridized carbons (Fsp3) is 0. The summed E-state index contributed by atoms with van der Waals surface area (Å²) in [6.45, 7) is 0. The maximum absolute atomic E-state index is 12.2. The van der Waals surface area contributed by atoms with E-state index in [0.717, 1.165) is 5.56 Å². The molecule has 0 spiro atoms. The van der Waals surface area contributed by atoms with Gasteiger partial charge in [-0.2, -0.15) is 0 Å². The lowest BCUT2D eigenvalue weighted by Crippen LogP contribution is -2.03. The number of hydrogen-bond donors (Lipinski definition) is 1. The summed E-state index contributed by atoms with van der Waals surface area (Å²) >= 11 is 5.95. The number of nitro benzene ring substituents is 1. The van der Waals surface area contributed by atoms with Gasteiger partial charge in [0.05, 0.1) is 16.2 Å². The molecule has 1 N–H and O–H groups in total. The quantitative estimate of drug-likeness (QED) is 0.401. The largest absolute Gasteiger partial charge is 0.457 e. The van der Waals surface area contributed by atoms with Gasteiger partial charge >= 0.3 is 0 Å². The van der Waals surface area contributed by atoms with Gasteiger partial charge in [0.25, 0.3) is 11.6 Å². The van der Waals surface area contributed by atoms with Crippen LogP contribution in [0.1, 0.15) is 11.3 Å². The molecule has 1 aromatic heterocycles. The Balaban J connectivity index is 1.70. The predicted molar refractivity (Wildman–Crippen MR) is 98.8 cm³/mol. The van der Waals surface area contributed by atoms with Crippen molar-refractivity contribution in [2.45, 2.75) is 0 Å². The van der Waals surface area contributed by atoms with Crippen LogP contribution in [0.25, 0.3) is 23.0 Å². The molecule has 0 bridgehead atoms. The maximum atomic E-state index is 12.2. The number of benzene rings is 2. The fourth-order valence-corrected chi connectivity index (χ4v) is 2.98. The Morgan fingerprint density at radius 3 is 2.77 bits per heavy atom. The zero-order chi connectivity index (χ0) is 18.3. The van der Waals surface area contributed by atoms with E-state index in [9.17, 15) is 14.9 Å². The van der Waals surface area contributed by atoms with Crippen molar-refractivity contribution in [2.24, 2.45) is 0 Å². The molecule has 4 rings (SSSR count). The Morgan fingerprint density at radius 1 is 1.12 bits per heavy atom. The summed E-state index contributed by atoms with van der Waals surface area (Å²) in [6, 6.07) is 14.8. The van der Waals surface area contributed by atoms with E-state index in [4.69, 9.17) is 16.0 Å². The number of nitrogens with zero attached hydrogens (tertiary/aromatic N) is 1. The molecule has 0 radical (unpaired) electrons. The van der Waals surface area contributed by atoms with Gasteiger partial charge < -0.3 is 9.73 Å². The number of carbonyl (C=O) groups is 1. The lowest BCUT2D eigenvalue weighted by atomic mass is 10.1. The number of hydrogen-bond acceptors (Lipinski definition) is 4. The van der Waals surface area contributed by atoms with Gasteiger partial charge in [-0.15, -0.1) is 0 Å². The van der Waals surface area contributed by atoms with Gasteiger partial charge in [0.2, 0.25) is 0 Å². The van der Waals surface area contributed by atoms with Crippen molar-refractivity contribution in [1.82, 2.24) is 0 Å². The van der Waals surface area contributed by atoms with E-state index in [1.165, 1.54) is 12.1 Å². The van der Waals surface area contributed by atoms with Crippen molar-refractivity contribution in [3.63, 3.8) is 0 Å². The SMILES string of the molecule is O=C1Nc2cc(Cl)ccc2/C1=C\c1ccc(-c2cccc([N+](=O)[O-])c2)o1. The van der Waals surface area contributed by atoms with Crippen LogP contribution in [0.5, 0.6) is 0 Å². The lowest BCUT2D eigenvalue weighted by Gasteiger charge is -1.98. The third-order valence-corrected chi connectivity index (χ3v) is 4.25. The molecule has 2 aromatic carbocycles. The topological polar surface area (TPSA) is 85.4 Å². The van der Waals surface area contributed by atoms with Crippen LogP contribution in [0.3, 0.4) is 0 Å². The Bertz CT molecular complexity index is 1080. The van der Waals surface area contributed by atoms with Gasteiger partial charge in [0.1, 0.15) is 11.5 Å². The number of nitrogens with one attached hydrogen (secondary N) is 1. The number of carbonyl (C=O) groups excluding carboxylic acids is 1. The number of rotatable bonds is 3. The van der Waals surface area contributed by atoms with Gasteiger partial charge in [0, 0.05) is 28.3 Å². The van der Waals surface area contributed by atoms with E-state index in [0.29, 0.717) is 33.4 Å². The van der Waals surface area contributed by atoms with Crippen LogP contribution < -0.4 is 5.32 Å². The van der Waals surface area contributed by atoms with Crippen LogP contribution in [-0.4, -0.2) is 10.8 Å². The first kappa shape index (κ1) is 16.1. The molecule has 26 heavy (non-hydrogen) atoms. The Labute approximate surface area is 152 Å². The summed E-state index contributed by atoms with van der Waals surface area (Å²) in [5, 5.41) is 14.2. The summed E-state index contributed by atoms with van der Waals surface area (Å²) in [5.41, 5.74) is 2.44. The molecule has 0 aliphatic carbocycles. The number of halogens is 1. The number of anilines is 1. The zero-order valence-electron chi connectivity index (χ0n) is 13.2. The van der Waals surface area contributed by atoms with Gasteiger partial charge in [0.15, 0.2) is 0 Å². The predicted octanol–water partition coefficient (Wildman–Crippen LogP) is 5.00. The van der Waals surface area contributed by atoms with Gasteiger partial charge in [-0.1, -0.05) is 29.8 Å². The molecule has 0 saturated heterocycles. The second-order valence-electron chi connectivity index (χ2n) is 5.71. The van der Waals surface area contributed by atoms with Gasteiger partial charge in [-0.25, -0.2) is 0 Å². The normalized spacial score (nSPS) is 14.3. The average molecular weight is 367 g/mol. The highest BCUT2D eigenvalue weighted by atomic mass is 35.5. The number of furan rings is 1. The number of fused-ring (bicyclic) bond motifs is 1. The monoisotopic (exact) mass is 366 g/mol. The molecule has 128 valence electrons. The first-order valence-electron chi connectivity index (χ1n) is 7.69. The van der Waals surface area contributed by atoms with Gasteiger partial charge in [-0.3, -0.25) is 14.9 Å². The Hall–Kier alpha value is -3.38. The zero-order valence-corrected chi connectivity index (χ0v) is 14.0. The molecule has 0 fully saturated rings. The molecule has 3 aromatic rings. The fourth-order valence-electron chi connectivity index (χ4n) is 2.81. The van der Waals surface area contributed by atoms with E-state index in [2.05, 4.69) is 5.32 Å². The molecule has 2 heterocycles. The van der Waals surface area contributed by atoms with E-state index in [1.807, 2.05) is 0 Å². The minimum atomic E-state index is -0.458. The third-order valence-electron chi connectivity index (χ3n) is 4.02. The number of amides is 1. The summed E-state index contributed by atoms with van der Waals surface area (Å²) in [4.78, 5) is 22.7. The number of nitro groups is 1. The molecule has 6 nitrogen and oxygen atoms in total. The Kier molecular flexibility index (Phi) is 3.82. The molecule has 1 amide bonds. The average Bonchev–Trinajstić information content (AvgIpc) is 3.20. The molecular formula is C19H11ClN2O4. The summed E-state index contributed by atoms with van der Waals surface area (Å²) < 4.78 is 5.75. The summed E-state index contributed by atoms with van der Waals surface area (Å²) in [6.07, 6.45) is 1.63. The first-order valence-corrected chi connectivity index (χ1v) is 8.07. The molecule has 0 unspecified atom stereocenters. The van der Waals surface area contributed by atoms with E-state index >= 15 is 0 Å². The molecule has 0 saturated carbocycles. The molecule has 1 aliphatic rings. The van der Waals surface area contributed by atoms with Crippen molar-refractivity contribution in [3.8, 4) is 11.3 Å². The van der Waals surface area contributed by atoms with Crippen molar-refractivity contribution in [1.29, 1.82) is 0 Å². The molecular weight excluding hydrogens is 356 g/mol. The minimum Gasteiger partial charge on any atom is -0.457 e. The standard InChI is InChI=1S/C19H11ClN2O4/c20-12-4-6-15-16(19(23)21-17(15)9-12)10-14-5-7-18(26-14)11-2-1-3-13(8-11)22(24)25/h1-10H,(H,21,23)/b16-10+.